The molecule has 0 radical (unpaired) electrons. The Bertz CT molecular complexity index is 1450. The second-order valence-electron chi connectivity index (χ2n) is 18.0. The Kier molecular flexibility index (Phi) is 11.9. The molecule has 3 heterocycles. The summed E-state index contributed by atoms with van der Waals surface area (Å²) >= 11 is 0. The smallest absolute Gasteiger partial charge is 0.318 e. The Morgan fingerprint density at radius 1 is 0.696 bits per heavy atom. The number of fused-ring (bicyclic) bond motifs is 3. The van der Waals surface area contributed by atoms with E-state index in [-0.39, 0.29) is 28.6 Å². The Morgan fingerprint density at radius 2 is 1.23 bits per heavy atom. The Labute approximate surface area is 324 Å². The summed E-state index contributed by atoms with van der Waals surface area (Å²) in [6.45, 7) is 4.07. The molecule has 6 fully saturated rings. The van der Waals surface area contributed by atoms with E-state index in [2.05, 4.69) is 13.8 Å². The number of aliphatic hydroxyl groups excluding tert-OH is 11. The first-order valence-corrected chi connectivity index (χ1v) is 19.9. The van der Waals surface area contributed by atoms with Gasteiger partial charge in [0, 0.05) is 0 Å². The fourth-order valence-corrected chi connectivity index (χ4v) is 12.0. The summed E-state index contributed by atoms with van der Waals surface area (Å²) in [5.41, 5.74) is -2.55. The zero-order chi connectivity index (χ0) is 40.7. The first-order chi connectivity index (χ1) is 26.4. The maximum atomic E-state index is 14.1. The van der Waals surface area contributed by atoms with Crippen LogP contribution in [-0.4, -0.2) is 180 Å². The fourth-order valence-electron chi connectivity index (χ4n) is 12.0. The number of esters is 1. The van der Waals surface area contributed by atoms with Crippen molar-refractivity contribution < 1.29 is 89.4 Å². The van der Waals surface area contributed by atoms with Gasteiger partial charge in [-0.3, -0.25) is 4.79 Å². The van der Waals surface area contributed by atoms with Crippen molar-refractivity contribution in [2.75, 3.05) is 19.8 Å². The van der Waals surface area contributed by atoms with Crippen molar-refractivity contribution in [1.82, 2.24) is 0 Å². The lowest BCUT2D eigenvalue weighted by atomic mass is 9.42. The molecule has 0 aromatic rings. The van der Waals surface area contributed by atoms with Gasteiger partial charge < -0.3 is 84.6 Å². The second kappa shape index (κ2) is 15.6. The third-order valence-corrected chi connectivity index (χ3v) is 15.0. The maximum absolute atomic E-state index is 14.1. The topological polar surface area (TPSA) is 295 Å². The molecule has 7 aliphatic rings. The Balaban J connectivity index is 1.10. The van der Waals surface area contributed by atoms with E-state index < -0.39 is 129 Å². The third kappa shape index (κ3) is 6.69. The predicted molar refractivity (Wildman–Crippen MR) is 186 cm³/mol. The van der Waals surface area contributed by atoms with Gasteiger partial charge >= 0.3 is 5.97 Å². The molecule has 1 spiro atoms. The van der Waals surface area contributed by atoms with Gasteiger partial charge in [-0.15, -0.1) is 0 Å². The number of allylic oxidation sites excluding steroid dienone is 1. The fraction of sp³-hybridized carbons (Fsp3) is 0.921. The molecular weight excluding hydrogens is 744 g/mol. The number of carbonyl (C=O) groups excluding carboxylic acids is 1. The van der Waals surface area contributed by atoms with E-state index in [0.717, 1.165) is 12.8 Å². The average Bonchev–Trinajstić information content (AvgIpc) is 3.37. The molecular formula is C38H60O18. The number of hydrogen-bond acceptors (Lipinski definition) is 18. The molecule has 3 saturated carbocycles. The van der Waals surface area contributed by atoms with Crippen LogP contribution in [0.15, 0.2) is 12.2 Å². The molecule has 18 heteroatoms. The van der Waals surface area contributed by atoms with E-state index in [4.69, 9.17) is 28.4 Å². The number of aliphatic hydroxyl groups is 11. The second-order valence-corrected chi connectivity index (χ2v) is 18.0. The number of carbonyl (C=O) groups is 1. The minimum Gasteiger partial charge on any atom is -0.432 e. The van der Waals surface area contributed by atoms with E-state index in [1.165, 1.54) is 0 Å². The average molecular weight is 805 g/mol. The van der Waals surface area contributed by atoms with Crippen LogP contribution in [0.2, 0.25) is 0 Å². The van der Waals surface area contributed by atoms with Crippen molar-refractivity contribution in [3.8, 4) is 0 Å². The molecule has 1 unspecified atom stereocenters. The SMILES string of the molecule is C[C@@H]1C[C@]23CC[C@H]4C(C)(C(=O)O[C@@H]5O[C@H](CO)[C@@H](O)[C@H](O)[C@H]5O)C=CC[C@]4(C)[C@H]2CC[C@]1(O[C@@H]1O[C@H](CO)[C@@H](O)[C@H](O)[C@H]1O[C@@H]1O[C@H](CO)[C@@H](O)[C@H](O)[C@H]1O)C3. The summed E-state index contributed by atoms with van der Waals surface area (Å²) in [7, 11) is 0. The zero-order valence-electron chi connectivity index (χ0n) is 31.9. The number of rotatable bonds is 9. The van der Waals surface area contributed by atoms with Crippen molar-refractivity contribution >= 4 is 5.97 Å². The van der Waals surface area contributed by atoms with Crippen LogP contribution in [0.5, 0.6) is 0 Å². The molecule has 0 aromatic carbocycles. The van der Waals surface area contributed by atoms with Crippen LogP contribution in [0.3, 0.4) is 0 Å². The van der Waals surface area contributed by atoms with Crippen LogP contribution in [0.1, 0.15) is 65.7 Å². The summed E-state index contributed by atoms with van der Waals surface area (Å²) < 4.78 is 35.7. The Morgan fingerprint density at radius 3 is 1.84 bits per heavy atom. The summed E-state index contributed by atoms with van der Waals surface area (Å²) in [6.07, 6.45) is -14.9. The lowest BCUT2D eigenvalue weighted by Gasteiger charge is -2.63. The third-order valence-electron chi connectivity index (χ3n) is 15.0. The lowest BCUT2D eigenvalue weighted by molar-refractivity contribution is -0.382. The molecule has 11 N–H and O–H groups in total. The summed E-state index contributed by atoms with van der Waals surface area (Å²) in [6, 6.07) is 0. The van der Waals surface area contributed by atoms with Gasteiger partial charge in [0.1, 0.15) is 73.2 Å². The highest BCUT2D eigenvalue weighted by Crippen LogP contribution is 2.73. The van der Waals surface area contributed by atoms with Gasteiger partial charge in [0.2, 0.25) is 6.29 Å². The van der Waals surface area contributed by atoms with Crippen molar-refractivity contribution in [2.24, 2.45) is 34.0 Å². The Hall–Kier alpha value is -1.43. The monoisotopic (exact) mass is 804 g/mol. The molecule has 22 atom stereocenters. The van der Waals surface area contributed by atoms with Crippen LogP contribution in [-0.2, 0) is 33.2 Å². The molecule has 2 bridgehead atoms. The van der Waals surface area contributed by atoms with Gasteiger partial charge in [-0.2, -0.15) is 0 Å². The molecule has 56 heavy (non-hydrogen) atoms. The van der Waals surface area contributed by atoms with E-state index in [1.807, 2.05) is 12.2 Å². The minimum absolute atomic E-state index is 0.0394. The van der Waals surface area contributed by atoms with Crippen LogP contribution in [0.4, 0.5) is 0 Å². The number of ether oxygens (including phenoxy) is 6. The summed E-state index contributed by atoms with van der Waals surface area (Å²) in [4.78, 5) is 14.1. The largest absolute Gasteiger partial charge is 0.432 e. The van der Waals surface area contributed by atoms with Gasteiger partial charge in [-0.1, -0.05) is 26.0 Å². The summed E-state index contributed by atoms with van der Waals surface area (Å²) in [5, 5.41) is 114. The minimum atomic E-state index is -1.80. The van der Waals surface area contributed by atoms with Crippen LogP contribution in [0.25, 0.3) is 0 Å². The van der Waals surface area contributed by atoms with Crippen LogP contribution in [0, 0.1) is 34.0 Å². The molecule has 4 aliphatic carbocycles. The predicted octanol–water partition coefficient (Wildman–Crippen LogP) is -3.08. The van der Waals surface area contributed by atoms with Gasteiger partial charge in [-0.05, 0) is 80.5 Å². The quantitative estimate of drug-likeness (QED) is 0.0626. The van der Waals surface area contributed by atoms with E-state index in [0.29, 0.717) is 32.1 Å². The highest BCUT2D eigenvalue weighted by molar-refractivity contribution is 5.80. The first-order valence-electron chi connectivity index (χ1n) is 19.9. The molecule has 3 saturated heterocycles. The zero-order valence-corrected chi connectivity index (χ0v) is 31.9. The maximum Gasteiger partial charge on any atom is 0.318 e. The van der Waals surface area contributed by atoms with E-state index >= 15 is 0 Å². The molecule has 18 nitrogen and oxygen atoms in total. The van der Waals surface area contributed by atoms with Gasteiger partial charge in [0.05, 0.1) is 30.8 Å². The molecule has 3 aliphatic heterocycles. The normalized spacial score (nSPS) is 55.6. The van der Waals surface area contributed by atoms with Gasteiger partial charge in [0.25, 0.3) is 0 Å². The summed E-state index contributed by atoms with van der Waals surface area (Å²) in [5.74, 6) is -0.747. The highest BCUT2D eigenvalue weighted by Gasteiger charge is 2.69. The van der Waals surface area contributed by atoms with Crippen molar-refractivity contribution in [3.05, 3.63) is 12.2 Å². The van der Waals surface area contributed by atoms with Gasteiger partial charge in [-0.25, -0.2) is 0 Å². The van der Waals surface area contributed by atoms with Crippen LogP contribution >= 0.6 is 0 Å². The van der Waals surface area contributed by atoms with Gasteiger partial charge in [0.15, 0.2) is 12.6 Å². The lowest BCUT2D eigenvalue weighted by Crippen LogP contribution is -2.66. The molecule has 320 valence electrons. The molecule has 7 rings (SSSR count). The van der Waals surface area contributed by atoms with E-state index in [1.54, 1.807) is 6.92 Å². The van der Waals surface area contributed by atoms with Crippen molar-refractivity contribution in [1.29, 1.82) is 0 Å². The first kappa shape index (κ1) is 42.7. The molecule has 0 aromatic heterocycles. The standard InChI is InChI=1S/C38H60O18/c1-16-11-37-9-5-20-35(2,7-4-8-36(20,3)34(50)55-32-29(49)26(46)23(43)18(13-40)52-32)21(37)6-10-38(16,15-37)56-33-30(27(47)24(44)19(14-41)53-33)54-31-28(48)25(45)22(42)17(12-39)51-31/h4,8,16-33,39-49H,5-7,9-15H2,1-3H3/t16-,17-,18-,19-,20-,21-,22-,23-,24-,25+,26+,27+,28-,29-,30-,31+,32+,33+,35+,36?,37+,38+/m1/s1. The number of hydrogen-bond donors (Lipinski definition) is 11. The van der Waals surface area contributed by atoms with Crippen LogP contribution < -0.4 is 0 Å². The molecule has 0 amide bonds. The van der Waals surface area contributed by atoms with E-state index in [9.17, 15) is 61.0 Å². The highest BCUT2D eigenvalue weighted by atomic mass is 16.8. The van der Waals surface area contributed by atoms with Crippen molar-refractivity contribution in [2.45, 2.75) is 163 Å². The van der Waals surface area contributed by atoms with Crippen molar-refractivity contribution in [3.63, 3.8) is 0 Å².